The molecule has 0 amide bonds. The van der Waals surface area contributed by atoms with Crippen LogP contribution in [0.25, 0.3) is 0 Å². The molecular formula is C11H22N6OS. The van der Waals surface area contributed by atoms with Crippen LogP contribution in [-0.4, -0.2) is 45.0 Å². The Hall–Kier alpha value is -1.12. The topological polar surface area (TPSA) is 100 Å². The highest BCUT2D eigenvalue weighted by Crippen LogP contribution is 2.24. The lowest BCUT2D eigenvalue weighted by Gasteiger charge is -2.19. The van der Waals surface area contributed by atoms with E-state index >= 15 is 0 Å². The summed E-state index contributed by atoms with van der Waals surface area (Å²) in [6.07, 6.45) is 0.697. The molecule has 8 heteroatoms. The predicted octanol–water partition coefficient (Wildman–Crippen LogP) is 0.866. The van der Waals surface area contributed by atoms with E-state index in [0.29, 0.717) is 23.5 Å². The van der Waals surface area contributed by atoms with Crippen molar-refractivity contribution in [2.45, 2.75) is 37.6 Å². The van der Waals surface area contributed by atoms with Gasteiger partial charge in [0.15, 0.2) is 5.16 Å². The first kappa shape index (κ1) is 15.9. The fourth-order valence-electron chi connectivity index (χ4n) is 1.53. The number of aliphatic hydroxyl groups is 1. The molecule has 0 aliphatic rings. The third-order valence-electron chi connectivity index (χ3n) is 2.62. The average molecular weight is 286 g/mol. The first-order chi connectivity index (χ1) is 9.14. The van der Waals surface area contributed by atoms with Gasteiger partial charge in [-0.3, -0.25) is 5.43 Å². The Bertz CT molecular complexity index is 387. The van der Waals surface area contributed by atoms with Crippen LogP contribution in [0.2, 0.25) is 0 Å². The Kier molecular flexibility index (Phi) is 6.82. The maximum absolute atomic E-state index is 8.93. The second-order valence-electron chi connectivity index (χ2n) is 4.00. The van der Waals surface area contributed by atoms with E-state index in [0.717, 1.165) is 13.1 Å². The van der Waals surface area contributed by atoms with Crippen molar-refractivity contribution in [3.05, 3.63) is 0 Å². The summed E-state index contributed by atoms with van der Waals surface area (Å²) >= 11 is 1.51. The second-order valence-corrected chi connectivity index (χ2v) is 5.40. The van der Waals surface area contributed by atoms with E-state index in [4.69, 9.17) is 10.9 Å². The molecule has 108 valence electrons. The van der Waals surface area contributed by atoms with E-state index < -0.39 is 0 Å². The summed E-state index contributed by atoms with van der Waals surface area (Å²) < 4.78 is 0. The van der Waals surface area contributed by atoms with Crippen LogP contribution >= 0.6 is 11.8 Å². The fraction of sp³-hybridized carbons (Fsp3) is 0.727. The van der Waals surface area contributed by atoms with Gasteiger partial charge in [-0.15, -0.1) is 0 Å². The SMILES string of the molecule is CCN(CC)c1nc(NN)nc(SC(C)CCO)n1. The van der Waals surface area contributed by atoms with Gasteiger partial charge in [-0.1, -0.05) is 18.7 Å². The Morgan fingerprint density at radius 2 is 2.00 bits per heavy atom. The predicted molar refractivity (Wildman–Crippen MR) is 78.2 cm³/mol. The van der Waals surface area contributed by atoms with Crippen LogP contribution in [-0.2, 0) is 0 Å². The van der Waals surface area contributed by atoms with Gasteiger partial charge in [0.05, 0.1) is 0 Å². The number of rotatable bonds is 8. The number of hydrazine groups is 1. The van der Waals surface area contributed by atoms with Crippen molar-refractivity contribution in [3.63, 3.8) is 0 Å². The van der Waals surface area contributed by atoms with Crippen molar-refractivity contribution in [2.24, 2.45) is 5.84 Å². The lowest BCUT2D eigenvalue weighted by atomic mass is 10.4. The van der Waals surface area contributed by atoms with Crippen LogP contribution in [0.4, 0.5) is 11.9 Å². The normalized spacial score (nSPS) is 12.3. The monoisotopic (exact) mass is 286 g/mol. The van der Waals surface area contributed by atoms with Crippen LogP contribution in [0.15, 0.2) is 5.16 Å². The van der Waals surface area contributed by atoms with Gasteiger partial charge in [0.2, 0.25) is 11.9 Å². The molecule has 0 saturated heterocycles. The molecule has 4 N–H and O–H groups in total. The van der Waals surface area contributed by atoms with Crippen molar-refractivity contribution < 1.29 is 5.11 Å². The van der Waals surface area contributed by atoms with Crippen LogP contribution in [0.5, 0.6) is 0 Å². The van der Waals surface area contributed by atoms with Crippen LogP contribution < -0.4 is 16.2 Å². The molecule has 1 atom stereocenters. The largest absolute Gasteiger partial charge is 0.396 e. The van der Waals surface area contributed by atoms with E-state index in [1.54, 1.807) is 0 Å². The minimum Gasteiger partial charge on any atom is -0.396 e. The zero-order valence-corrected chi connectivity index (χ0v) is 12.4. The molecule has 1 aromatic rings. The first-order valence-corrected chi connectivity index (χ1v) is 7.27. The number of nitrogen functional groups attached to an aromatic ring is 1. The summed E-state index contributed by atoms with van der Waals surface area (Å²) in [5, 5.41) is 9.78. The maximum Gasteiger partial charge on any atom is 0.242 e. The molecule has 0 radical (unpaired) electrons. The van der Waals surface area contributed by atoms with Gasteiger partial charge in [0, 0.05) is 24.9 Å². The number of nitrogens with zero attached hydrogens (tertiary/aromatic N) is 4. The van der Waals surface area contributed by atoms with Crippen molar-refractivity contribution in [2.75, 3.05) is 30.0 Å². The Balaban J connectivity index is 2.94. The molecule has 0 fully saturated rings. The van der Waals surface area contributed by atoms with Gasteiger partial charge in [0.1, 0.15) is 0 Å². The lowest BCUT2D eigenvalue weighted by Crippen LogP contribution is -2.25. The van der Waals surface area contributed by atoms with Crippen LogP contribution in [0.1, 0.15) is 27.2 Å². The zero-order valence-electron chi connectivity index (χ0n) is 11.6. The number of hydrogen-bond acceptors (Lipinski definition) is 8. The average Bonchev–Trinajstić information content (AvgIpc) is 2.40. The van der Waals surface area contributed by atoms with Crippen molar-refractivity contribution in [1.82, 2.24) is 15.0 Å². The van der Waals surface area contributed by atoms with Crippen LogP contribution in [0.3, 0.4) is 0 Å². The number of anilines is 2. The molecule has 7 nitrogen and oxygen atoms in total. The Morgan fingerprint density at radius 3 is 2.53 bits per heavy atom. The third-order valence-corrected chi connectivity index (χ3v) is 3.65. The van der Waals surface area contributed by atoms with Crippen LogP contribution in [0, 0.1) is 0 Å². The van der Waals surface area contributed by atoms with Gasteiger partial charge in [-0.05, 0) is 20.3 Å². The lowest BCUT2D eigenvalue weighted by molar-refractivity contribution is 0.289. The standard InChI is InChI=1S/C11H22N6OS/c1-4-17(5-2)10-13-9(16-12)14-11(15-10)19-8(3)6-7-18/h8,18H,4-7,12H2,1-3H3,(H,13,14,15,16). The van der Waals surface area contributed by atoms with E-state index in [-0.39, 0.29) is 11.9 Å². The van der Waals surface area contributed by atoms with E-state index in [1.165, 1.54) is 11.8 Å². The van der Waals surface area contributed by atoms with Crippen molar-refractivity contribution >= 4 is 23.7 Å². The van der Waals surface area contributed by atoms with Crippen molar-refractivity contribution in [3.8, 4) is 0 Å². The number of aliphatic hydroxyl groups excluding tert-OH is 1. The van der Waals surface area contributed by atoms with Gasteiger partial charge in [0.25, 0.3) is 0 Å². The molecule has 0 aliphatic carbocycles. The molecule has 1 rings (SSSR count). The molecule has 0 bridgehead atoms. The minimum atomic E-state index is 0.157. The zero-order chi connectivity index (χ0) is 14.3. The fourth-order valence-corrected chi connectivity index (χ4v) is 2.39. The van der Waals surface area contributed by atoms with Crippen molar-refractivity contribution in [1.29, 1.82) is 0 Å². The number of thioether (sulfide) groups is 1. The highest BCUT2D eigenvalue weighted by atomic mass is 32.2. The van der Waals surface area contributed by atoms with Gasteiger partial charge < -0.3 is 10.0 Å². The number of nitrogens with two attached hydrogens (primary N) is 1. The third kappa shape index (κ3) is 4.81. The van der Waals surface area contributed by atoms with Gasteiger partial charge >= 0.3 is 0 Å². The molecule has 1 heterocycles. The Labute approximate surface area is 118 Å². The molecule has 0 aliphatic heterocycles. The smallest absolute Gasteiger partial charge is 0.242 e. The van der Waals surface area contributed by atoms with Gasteiger partial charge in [-0.2, -0.15) is 15.0 Å². The Morgan fingerprint density at radius 1 is 1.32 bits per heavy atom. The summed E-state index contributed by atoms with van der Waals surface area (Å²) in [6, 6.07) is 0. The number of hydrogen-bond donors (Lipinski definition) is 3. The molecule has 0 spiro atoms. The number of nitrogens with one attached hydrogen (secondary N) is 1. The molecule has 19 heavy (non-hydrogen) atoms. The van der Waals surface area contributed by atoms with Gasteiger partial charge in [-0.25, -0.2) is 5.84 Å². The summed E-state index contributed by atoms with van der Waals surface area (Å²) in [6.45, 7) is 7.91. The summed E-state index contributed by atoms with van der Waals surface area (Å²) in [5.74, 6) is 6.36. The maximum atomic E-state index is 8.93. The second kappa shape index (κ2) is 8.13. The minimum absolute atomic E-state index is 0.157. The van der Waals surface area contributed by atoms with E-state index in [9.17, 15) is 0 Å². The first-order valence-electron chi connectivity index (χ1n) is 6.39. The quantitative estimate of drug-likeness (QED) is 0.368. The van der Waals surface area contributed by atoms with E-state index in [2.05, 4.69) is 20.4 Å². The molecule has 1 unspecified atom stereocenters. The highest BCUT2D eigenvalue weighted by Gasteiger charge is 2.13. The molecule has 0 saturated carbocycles. The number of aromatic nitrogens is 3. The molecule has 1 aromatic heterocycles. The summed E-state index contributed by atoms with van der Waals surface area (Å²) in [7, 11) is 0. The molecular weight excluding hydrogens is 264 g/mol. The summed E-state index contributed by atoms with van der Waals surface area (Å²) in [4.78, 5) is 14.9. The molecule has 0 aromatic carbocycles. The van der Waals surface area contributed by atoms with E-state index in [1.807, 2.05) is 25.7 Å². The summed E-state index contributed by atoms with van der Waals surface area (Å²) in [5.41, 5.74) is 2.46. The highest BCUT2D eigenvalue weighted by molar-refractivity contribution is 7.99.